The second kappa shape index (κ2) is 10.7. The van der Waals surface area contributed by atoms with Crippen molar-refractivity contribution >= 4 is 54.4 Å². The molecule has 244 valence electrons. The summed E-state index contributed by atoms with van der Waals surface area (Å²) in [7, 11) is 0. The van der Waals surface area contributed by atoms with E-state index in [1.54, 1.807) is 0 Å². The predicted octanol–water partition coefficient (Wildman–Crippen LogP) is 12.7. The average Bonchev–Trinajstić information content (AvgIpc) is 3.65. The third-order valence-electron chi connectivity index (χ3n) is 11.4. The molecule has 0 unspecified atom stereocenters. The zero-order valence-corrected chi connectivity index (χ0v) is 28.9. The van der Waals surface area contributed by atoms with Gasteiger partial charge in [-0.2, -0.15) is 0 Å². The van der Waals surface area contributed by atoms with Crippen LogP contribution < -0.4 is 0 Å². The Hall–Kier alpha value is -6.58. The molecule has 1 aliphatic carbocycles. The quantitative estimate of drug-likeness (QED) is 0.176. The first-order chi connectivity index (χ1) is 25.5. The number of fused-ring (bicyclic) bond motifs is 12. The molecule has 10 aromatic rings. The first-order valence-electron chi connectivity index (χ1n) is 18.0. The summed E-state index contributed by atoms with van der Waals surface area (Å²) >= 11 is 0. The van der Waals surface area contributed by atoms with Crippen molar-refractivity contribution in [3.8, 4) is 39.2 Å². The standard InChI is InChI=1S/C49H33N3/c1-49(2)42-27-31(30-22-25-46-41(26-30)38-16-10-11-19-45(38)52(46)33-12-4-3-5-13-33)20-23-36(42)37-24-21-32(28-43(37)49)44-29-50-47-39-17-8-6-14-34(39)35-15-7-9-18-40(35)48(47)51-44/h3-29H,1-2H3. The first kappa shape index (κ1) is 29.2. The molecule has 2 aromatic heterocycles. The van der Waals surface area contributed by atoms with Crippen LogP contribution in [0.2, 0.25) is 0 Å². The van der Waals surface area contributed by atoms with Crippen LogP contribution in [0.5, 0.6) is 0 Å². The first-order valence-corrected chi connectivity index (χ1v) is 18.0. The number of hydrogen-bond acceptors (Lipinski definition) is 2. The van der Waals surface area contributed by atoms with E-state index in [9.17, 15) is 0 Å². The number of benzene rings is 8. The van der Waals surface area contributed by atoms with Gasteiger partial charge in [0.1, 0.15) is 0 Å². The van der Waals surface area contributed by atoms with Gasteiger partial charge >= 0.3 is 0 Å². The van der Waals surface area contributed by atoms with Crippen molar-refractivity contribution in [1.82, 2.24) is 14.5 Å². The van der Waals surface area contributed by atoms with Gasteiger partial charge in [-0.25, -0.2) is 4.98 Å². The predicted molar refractivity (Wildman–Crippen MR) is 217 cm³/mol. The van der Waals surface area contributed by atoms with Crippen LogP contribution in [0.3, 0.4) is 0 Å². The Balaban J connectivity index is 1.01. The Morgan fingerprint density at radius 2 is 0.981 bits per heavy atom. The largest absolute Gasteiger partial charge is 0.309 e. The maximum Gasteiger partial charge on any atom is 0.0979 e. The van der Waals surface area contributed by atoms with Gasteiger partial charge in [-0.3, -0.25) is 4.98 Å². The normalized spacial score (nSPS) is 13.3. The van der Waals surface area contributed by atoms with E-state index in [-0.39, 0.29) is 5.41 Å². The fourth-order valence-corrected chi connectivity index (χ4v) is 8.85. The summed E-state index contributed by atoms with van der Waals surface area (Å²) in [4.78, 5) is 10.3. The van der Waals surface area contributed by atoms with Gasteiger partial charge in [-0.1, -0.05) is 129 Å². The Morgan fingerprint density at radius 1 is 0.442 bits per heavy atom. The molecule has 8 aromatic carbocycles. The number of para-hydroxylation sites is 2. The van der Waals surface area contributed by atoms with Gasteiger partial charge in [0.25, 0.3) is 0 Å². The summed E-state index contributed by atoms with van der Waals surface area (Å²) in [6, 6.07) is 57.3. The molecule has 0 saturated carbocycles. The fraction of sp³-hybridized carbons (Fsp3) is 0.0612. The SMILES string of the molecule is CC1(C)c2cc(-c3ccc4c(c3)c3ccccc3n4-c3ccccc3)ccc2-c2ccc(-c3cnc4c5ccccc5c5ccccc5c4n3)cc21. The van der Waals surface area contributed by atoms with E-state index in [1.165, 1.54) is 71.6 Å². The Morgan fingerprint density at radius 3 is 1.71 bits per heavy atom. The van der Waals surface area contributed by atoms with Crippen molar-refractivity contribution in [1.29, 1.82) is 0 Å². The van der Waals surface area contributed by atoms with Crippen molar-refractivity contribution in [3.05, 3.63) is 175 Å². The second-order valence-corrected chi connectivity index (χ2v) is 14.6. The third-order valence-corrected chi connectivity index (χ3v) is 11.4. The summed E-state index contributed by atoms with van der Waals surface area (Å²) in [6.07, 6.45) is 1.95. The molecule has 1 aliphatic rings. The van der Waals surface area contributed by atoms with Gasteiger partial charge < -0.3 is 4.57 Å². The van der Waals surface area contributed by atoms with Gasteiger partial charge in [0.15, 0.2) is 0 Å². The van der Waals surface area contributed by atoms with Crippen LogP contribution in [-0.2, 0) is 5.41 Å². The van der Waals surface area contributed by atoms with Gasteiger partial charge in [-0.05, 0) is 86.6 Å². The number of hydrogen-bond donors (Lipinski definition) is 0. The van der Waals surface area contributed by atoms with Crippen LogP contribution in [0.4, 0.5) is 0 Å². The minimum absolute atomic E-state index is 0.183. The van der Waals surface area contributed by atoms with Crippen molar-refractivity contribution in [2.45, 2.75) is 19.3 Å². The Kier molecular flexibility index (Phi) is 6.01. The number of rotatable bonds is 3. The molecule has 0 fully saturated rings. The molecule has 0 atom stereocenters. The van der Waals surface area contributed by atoms with Gasteiger partial charge in [0, 0.05) is 38.2 Å². The molecule has 0 radical (unpaired) electrons. The van der Waals surface area contributed by atoms with E-state index in [4.69, 9.17) is 9.97 Å². The molecular weight excluding hydrogens is 631 g/mol. The monoisotopic (exact) mass is 663 g/mol. The lowest BCUT2D eigenvalue weighted by Gasteiger charge is -2.22. The highest BCUT2D eigenvalue weighted by Crippen LogP contribution is 2.51. The molecule has 0 saturated heterocycles. The minimum atomic E-state index is -0.183. The van der Waals surface area contributed by atoms with Gasteiger partial charge in [0.2, 0.25) is 0 Å². The van der Waals surface area contributed by atoms with Gasteiger partial charge in [-0.15, -0.1) is 0 Å². The summed E-state index contributed by atoms with van der Waals surface area (Å²) in [5.41, 5.74) is 15.0. The smallest absolute Gasteiger partial charge is 0.0979 e. The van der Waals surface area contributed by atoms with Crippen molar-refractivity contribution in [3.63, 3.8) is 0 Å². The Labute approximate surface area is 301 Å². The van der Waals surface area contributed by atoms with E-state index in [0.717, 1.165) is 33.1 Å². The molecule has 2 heterocycles. The van der Waals surface area contributed by atoms with Crippen LogP contribution in [-0.4, -0.2) is 14.5 Å². The Bertz CT molecular complexity index is 3060. The summed E-state index contributed by atoms with van der Waals surface area (Å²) in [6.45, 7) is 4.71. The molecule has 0 amide bonds. The lowest BCUT2D eigenvalue weighted by molar-refractivity contribution is 0.661. The third kappa shape index (κ3) is 4.08. The molecule has 3 heteroatoms. The molecule has 11 rings (SSSR count). The molecule has 0 spiro atoms. The topological polar surface area (TPSA) is 30.7 Å². The fourth-order valence-electron chi connectivity index (χ4n) is 8.85. The van der Waals surface area contributed by atoms with E-state index < -0.39 is 0 Å². The molecule has 52 heavy (non-hydrogen) atoms. The van der Waals surface area contributed by atoms with E-state index in [1.807, 2.05) is 6.20 Å². The molecule has 0 aliphatic heterocycles. The lowest BCUT2D eigenvalue weighted by atomic mass is 9.81. The molecular formula is C49H33N3. The van der Waals surface area contributed by atoms with Crippen LogP contribution in [0.25, 0.3) is 93.6 Å². The van der Waals surface area contributed by atoms with Crippen LogP contribution in [0, 0.1) is 0 Å². The maximum atomic E-state index is 5.30. The van der Waals surface area contributed by atoms with Crippen LogP contribution in [0.15, 0.2) is 164 Å². The average molecular weight is 664 g/mol. The number of aromatic nitrogens is 3. The molecule has 3 nitrogen and oxygen atoms in total. The molecule has 0 bridgehead atoms. The highest BCUT2D eigenvalue weighted by molar-refractivity contribution is 6.23. The maximum absolute atomic E-state index is 5.30. The summed E-state index contributed by atoms with van der Waals surface area (Å²) in [5, 5.41) is 7.22. The zero-order valence-electron chi connectivity index (χ0n) is 28.9. The van der Waals surface area contributed by atoms with E-state index in [0.29, 0.717) is 0 Å². The van der Waals surface area contributed by atoms with E-state index >= 15 is 0 Å². The summed E-state index contributed by atoms with van der Waals surface area (Å²) < 4.78 is 2.37. The highest BCUT2D eigenvalue weighted by Gasteiger charge is 2.36. The second-order valence-electron chi connectivity index (χ2n) is 14.6. The van der Waals surface area contributed by atoms with Crippen molar-refractivity contribution < 1.29 is 0 Å². The van der Waals surface area contributed by atoms with E-state index in [2.05, 4.69) is 176 Å². The summed E-state index contributed by atoms with van der Waals surface area (Å²) in [5.74, 6) is 0. The zero-order chi connectivity index (χ0) is 34.6. The molecule has 0 N–H and O–H groups in total. The highest BCUT2D eigenvalue weighted by atomic mass is 15.0. The lowest BCUT2D eigenvalue weighted by Crippen LogP contribution is -2.15. The van der Waals surface area contributed by atoms with Crippen LogP contribution >= 0.6 is 0 Å². The van der Waals surface area contributed by atoms with Crippen molar-refractivity contribution in [2.75, 3.05) is 0 Å². The number of nitrogens with zero attached hydrogens (tertiary/aromatic N) is 3. The van der Waals surface area contributed by atoms with Crippen molar-refractivity contribution in [2.24, 2.45) is 0 Å². The van der Waals surface area contributed by atoms with Gasteiger partial charge in [0.05, 0.1) is 34.0 Å². The minimum Gasteiger partial charge on any atom is -0.309 e. The van der Waals surface area contributed by atoms with Crippen LogP contribution in [0.1, 0.15) is 25.0 Å².